The van der Waals surface area contributed by atoms with Crippen LogP contribution in [-0.4, -0.2) is 24.1 Å². The Morgan fingerprint density at radius 2 is 2.00 bits per heavy atom. The third-order valence-electron chi connectivity index (χ3n) is 4.57. The summed E-state index contributed by atoms with van der Waals surface area (Å²) in [6.07, 6.45) is 0.272. The molecule has 7 heteroatoms. The van der Waals surface area contributed by atoms with E-state index in [9.17, 15) is 4.79 Å². The van der Waals surface area contributed by atoms with E-state index in [1.807, 2.05) is 35.0 Å². The molecule has 0 saturated carbocycles. The summed E-state index contributed by atoms with van der Waals surface area (Å²) in [4.78, 5) is 17.3. The number of nitrogens with zero attached hydrogens (tertiary/aromatic N) is 1. The first-order valence-corrected chi connectivity index (χ1v) is 11.1. The minimum absolute atomic E-state index is 0.0317. The summed E-state index contributed by atoms with van der Waals surface area (Å²) >= 11 is 3.22. The average Bonchev–Trinajstić information content (AvgIpc) is 3.37. The molecule has 0 saturated heterocycles. The molecule has 0 fully saturated rings. The summed E-state index contributed by atoms with van der Waals surface area (Å²) in [7, 11) is 0. The van der Waals surface area contributed by atoms with Gasteiger partial charge in [0.1, 0.15) is 18.2 Å². The highest BCUT2D eigenvalue weighted by Crippen LogP contribution is 2.34. The van der Waals surface area contributed by atoms with Crippen molar-refractivity contribution in [1.82, 2.24) is 10.3 Å². The molecule has 1 aromatic carbocycles. The zero-order valence-corrected chi connectivity index (χ0v) is 17.4. The molecule has 2 aromatic heterocycles. The number of carbonyl (C=O) groups excluding carboxylic acids is 1. The monoisotopic (exact) mass is 414 g/mol. The Morgan fingerprint density at radius 3 is 2.75 bits per heavy atom. The number of benzene rings is 1. The average molecular weight is 415 g/mol. The van der Waals surface area contributed by atoms with E-state index in [-0.39, 0.29) is 24.3 Å². The zero-order valence-electron chi connectivity index (χ0n) is 15.8. The van der Waals surface area contributed by atoms with Crippen LogP contribution in [0.2, 0.25) is 0 Å². The molecule has 3 heterocycles. The number of ether oxygens (including phenoxy) is 2. The van der Waals surface area contributed by atoms with Crippen LogP contribution in [0.5, 0.6) is 11.5 Å². The maximum Gasteiger partial charge on any atom is 0.226 e. The van der Waals surface area contributed by atoms with Gasteiger partial charge in [-0.2, -0.15) is 11.3 Å². The van der Waals surface area contributed by atoms with Gasteiger partial charge in [-0.05, 0) is 35.1 Å². The Morgan fingerprint density at radius 1 is 1.18 bits per heavy atom. The minimum Gasteiger partial charge on any atom is -0.486 e. The quantitative estimate of drug-likeness (QED) is 0.635. The van der Waals surface area contributed by atoms with E-state index in [0.717, 1.165) is 33.3 Å². The van der Waals surface area contributed by atoms with Crippen molar-refractivity contribution >= 4 is 28.6 Å². The fourth-order valence-electron chi connectivity index (χ4n) is 3.18. The van der Waals surface area contributed by atoms with E-state index in [1.54, 1.807) is 22.7 Å². The normalized spacial score (nSPS) is 14.1. The van der Waals surface area contributed by atoms with E-state index in [0.29, 0.717) is 13.2 Å². The Kier molecular flexibility index (Phi) is 5.64. The predicted molar refractivity (Wildman–Crippen MR) is 112 cm³/mol. The minimum atomic E-state index is -0.0988. The van der Waals surface area contributed by atoms with Gasteiger partial charge in [0.15, 0.2) is 11.5 Å². The van der Waals surface area contributed by atoms with Crippen LogP contribution >= 0.6 is 22.7 Å². The molecule has 1 aliphatic heterocycles. The smallest absolute Gasteiger partial charge is 0.226 e. The molecule has 4 rings (SSSR count). The number of carbonyl (C=O) groups is 1. The van der Waals surface area contributed by atoms with Gasteiger partial charge in [0.05, 0.1) is 18.2 Å². The summed E-state index contributed by atoms with van der Waals surface area (Å²) in [6.45, 7) is 5.31. The number of nitrogens with one attached hydrogen (secondary N) is 1. The summed E-state index contributed by atoms with van der Waals surface area (Å²) in [6, 6.07) is 7.83. The molecule has 1 unspecified atom stereocenters. The lowest BCUT2D eigenvalue weighted by Gasteiger charge is -2.25. The van der Waals surface area contributed by atoms with E-state index in [2.05, 4.69) is 29.5 Å². The molecular weight excluding hydrogens is 392 g/mol. The molecule has 1 aliphatic rings. The number of amides is 1. The van der Waals surface area contributed by atoms with Crippen LogP contribution in [0, 0.1) is 5.92 Å². The van der Waals surface area contributed by atoms with Crippen LogP contribution in [-0.2, 0) is 11.2 Å². The molecule has 1 amide bonds. The first kappa shape index (κ1) is 19.0. The summed E-state index contributed by atoms with van der Waals surface area (Å²) in [5.41, 5.74) is 2.93. The molecule has 0 radical (unpaired) electrons. The second-order valence-electron chi connectivity index (χ2n) is 7.03. The molecule has 0 spiro atoms. The van der Waals surface area contributed by atoms with Crippen LogP contribution in [0.15, 0.2) is 40.4 Å². The van der Waals surface area contributed by atoms with E-state index in [4.69, 9.17) is 9.47 Å². The lowest BCUT2D eigenvalue weighted by molar-refractivity contribution is -0.121. The highest BCUT2D eigenvalue weighted by molar-refractivity contribution is 7.14. The number of fused-ring (bicyclic) bond motifs is 1. The molecule has 0 bridgehead atoms. The van der Waals surface area contributed by atoms with Crippen molar-refractivity contribution < 1.29 is 14.3 Å². The van der Waals surface area contributed by atoms with Crippen LogP contribution in [0.4, 0.5) is 0 Å². The Labute approximate surface area is 172 Å². The summed E-state index contributed by atoms with van der Waals surface area (Å²) < 4.78 is 11.3. The number of hydrogen-bond donors (Lipinski definition) is 1. The standard InChI is InChI=1S/C21H22N2O3S2/c1-13(2)20(14-3-4-17-18(9-14)26-7-6-25-17)23-19(24)10-16-12-28-21(22-16)15-5-8-27-11-15/h3-5,8-9,11-13,20H,6-7,10H2,1-2H3,(H,23,24). The van der Waals surface area contributed by atoms with Gasteiger partial charge >= 0.3 is 0 Å². The molecule has 28 heavy (non-hydrogen) atoms. The predicted octanol–water partition coefficient (Wildman–Crippen LogP) is 4.70. The van der Waals surface area contributed by atoms with Gasteiger partial charge in [0, 0.05) is 16.3 Å². The van der Waals surface area contributed by atoms with Crippen molar-refractivity contribution in [2.75, 3.05) is 13.2 Å². The third-order valence-corrected chi connectivity index (χ3v) is 6.19. The molecule has 1 N–H and O–H groups in total. The van der Waals surface area contributed by atoms with Gasteiger partial charge in [-0.25, -0.2) is 4.98 Å². The highest BCUT2D eigenvalue weighted by Gasteiger charge is 2.22. The molecule has 3 aromatic rings. The van der Waals surface area contributed by atoms with Crippen LogP contribution in [0.25, 0.3) is 10.6 Å². The fraction of sp³-hybridized carbons (Fsp3) is 0.333. The lowest BCUT2D eigenvalue weighted by Crippen LogP contribution is -2.33. The second kappa shape index (κ2) is 8.32. The van der Waals surface area contributed by atoms with E-state index < -0.39 is 0 Å². The first-order valence-electron chi connectivity index (χ1n) is 9.26. The molecule has 146 valence electrons. The van der Waals surface area contributed by atoms with Crippen LogP contribution < -0.4 is 14.8 Å². The second-order valence-corrected chi connectivity index (χ2v) is 8.66. The van der Waals surface area contributed by atoms with Crippen molar-refractivity contribution in [3.05, 3.63) is 51.7 Å². The largest absolute Gasteiger partial charge is 0.486 e. The van der Waals surface area contributed by atoms with Crippen LogP contribution in [0.1, 0.15) is 31.1 Å². The zero-order chi connectivity index (χ0) is 19.5. The molecular formula is C21H22N2O3S2. The van der Waals surface area contributed by atoms with Crippen molar-refractivity contribution in [2.24, 2.45) is 5.92 Å². The Bertz CT molecular complexity index is 950. The van der Waals surface area contributed by atoms with Crippen molar-refractivity contribution in [2.45, 2.75) is 26.3 Å². The van der Waals surface area contributed by atoms with Gasteiger partial charge < -0.3 is 14.8 Å². The van der Waals surface area contributed by atoms with Gasteiger partial charge in [-0.15, -0.1) is 11.3 Å². The number of aromatic nitrogens is 1. The Hall–Kier alpha value is -2.38. The van der Waals surface area contributed by atoms with Crippen molar-refractivity contribution in [1.29, 1.82) is 0 Å². The lowest BCUT2D eigenvalue weighted by atomic mass is 9.95. The fourth-order valence-corrected chi connectivity index (χ4v) is 4.72. The number of rotatable bonds is 6. The van der Waals surface area contributed by atoms with Crippen molar-refractivity contribution in [3.63, 3.8) is 0 Å². The maximum atomic E-state index is 12.7. The molecule has 5 nitrogen and oxygen atoms in total. The SMILES string of the molecule is CC(C)C(NC(=O)Cc1csc(-c2ccsc2)n1)c1ccc2c(c1)OCCO2. The van der Waals surface area contributed by atoms with Crippen molar-refractivity contribution in [3.8, 4) is 22.1 Å². The van der Waals surface area contributed by atoms with Gasteiger partial charge in [-0.3, -0.25) is 4.79 Å². The summed E-state index contributed by atoms with van der Waals surface area (Å²) in [5.74, 6) is 1.70. The first-order chi connectivity index (χ1) is 13.6. The summed E-state index contributed by atoms with van der Waals surface area (Å²) in [5, 5.41) is 10.2. The molecule has 1 atom stereocenters. The van der Waals surface area contributed by atoms with E-state index in [1.165, 1.54) is 0 Å². The molecule has 0 aliphatic carbocycles. The topological polar surface area (TPSA) is 60.5 Å². The Balaban J connectivity index is 1.45. The number of thiazole rings is 1. The number of hydrogen-bond acceptors (Lipinski definition) is 6. The van der Waals surface area contributed by atoms with Crippen LogP contribution in [0.3, 0.4) is 0 Å². The number of thiophene rings is 1. The van der Waals surface area contributed by atoms with Gasteiger partial charge in [0.2, 0.25) is 5.91 Å². The third kappa shape index (κ3) is 4.20. The maximum absolute atomic E-state index is 12.7. The highest BCUT2D eigenvalue weighted by atomic mass is 32.1. The van der Waals surface area contributed by atoms with Gasteiger partial charge in [-0.1, -0.05) is 19.9 Å². The van der Waals surface area contributed by atoms with E-state index >= 15 is 0 Å². The van der Waals surface area contributed by atoms with Gasteiger partial charge in [0.25, 0.3) is 0 Å².